The third-order valence-corrected chi connectivity index (χ3v) is 6.42. The number of benzene rings is 1. The van der Waals surface area contributed by atoms with Crippen LogP contribution in [-0.4, -0.2) is 26.0 Å². The number of nitrogens with one attached hydrogen (secondary N) is 1. The van der Waals surface area contributed by atoms with Crippen molar-refractivity contribution in [3.8, 4) is 0 Å². The number of halogens is 1. The molecule has 21 heavy (non-hydrogen) atoms. The highest BCUT2D eigenvalue weighted by Gasteiger charge is 2.25. The second kappa shape index (κ2) is 6.62. The summed E-state index contributed by atoms with van der Waals surface area (Å²) in [5.74, 6) is -0.234. The van der Waals surface area contributed by atoms with E-state index in [-0.39, 0.29) is 10.5 Å². The van der Waals surface area contributed by atoms with Crippen LogP contribution in [0.4, 0.5) is 0 Å². The van der Waals surface area contributed by atoms with E-state index in [0.29, 0.717) is 22.0 Å². The number of aromatic carboxylic acids is 1. The van der Waals surface area contributed by atoms with Crippen molar-refractivity contribution in [3.63, 3.8) is 0 Å². The number of sulfonamides is 1. The van der Waals surface area contributed by atoms with E-state index < -0.39 is 16.0 Å². The molecule has 2 rings (SSSR count). The summed E-state index contributed by atoms with van der Waals surface area (Å²) in [5.41, 5.74) is 0.00714. The zero-order valence-electron chi connectivity index (χ0n) is 11.7. The van der Waals surface area contributed by atoms with Crippen molar-refractivity contribution >= 4 is 38.6 Å². The lowest BCUT2D eigenvalue weighted by Gasteiger charge is -2.16. The SMILES string of the molecule is CC1CCCC1CNS(=O)(=O)c1ccc(I)c(C(=O)O)c1. The molecule has 2 N–H and O–H groups in total. The predicted molar refractivity (Wildman–Crippen MR) is 87.8 cm³/mol. The molecule has 5 nitrogen and oxygen atoms in total. The summed E-state index contributed by atoms with van der Waals surface area (Å²) in [7, 11) is -3.66. The third-order valence-electron chi connectivity index (χ3n) is 4.05. The maximum Gasteiger partial charge on any atom is 0.336 e. The second-order valence-electron chi connectivity index (χ2n) is 5.47. The van der Waals surface area contributed by atoms with Crippen molar-refractivity contribution in [2.75, 3.05) is 6.54 Å². The van der Waals surface area contributed by atoms with Crippen LogP contribution in [0.25, 0.3) is 0 Å². The van der Waals surface area contributed by atoms with E-state index in [4.69, 9.17) is 5.11 Å². The molecule has 0 aliphatic heterocycles. The van der Waals surface area contributed by atoms with Crippen molar-refractivity contribution in [2.24, 2.45) is 11.8 Å². The Morgan fingerprint density at radius 1 is 1.43 bits per heavy atom. The van der Waals surface area contributed by atoms with Gasteiger partial charge in [-0.2, -0.15) is 0 Å². The fraction of sp³-hybridized carbons (Fsp3) is 0.500. The summed E-state index contributed by atoms with van der Waals surface area (Å²) in [4.78, 5) is 11.1. The number of carbonyl (C=O) groups is 1. The van der Waals surface area contributed by atoms with Crippen LogP contribution in [0.3, 0.4) is 0 Å². The Kier molecular flexibility index (Phi) is 5.26. The van der Waals surface area contributed by atoms with Gasteiger partial charge in [0.2, 0.25) is 10.0 Å². The van der Waals surface area contributed by atoms with Crippen molar-refractivity contribution in [1.29, 1.82) is 0 Å². The molecule has 0 heterocycles. The van der Waals surface area contributed by atoms with Crippen LogP contribution in [0.5, 0.6) is 0 Å². The molecule has 116 valence electrons. The molecule has 0 amide bonds. The topological polar surface area (TPSA) is 83.5 Å². The quantitative estimate of drug-likeness (QED) is 0.714. The zero-order valence-corrected chi connectivity index (χ0v) is 14.6. The Morgan fingerprint density at radius 3 is 2.71 bits per heavy atom. The number of rotatable bonds is 5. The number of carboxylic acid groups (broad SMARTS) is 1. The summed E-state index contributed by atoms with van der Waals surface area (Å²) in [6, 6.07) is 4.16. The van der Waals surface area contributed by atoms with Crippen LogP contribution in [0.2, 0.25) is 0 Å². The van der Waals surface area contributed by atoms with Gasteiger partial charge >= 0.3 is 5.97 Å². The Morgan fingerprint density at radius 2 is 2.14 bits per heavy atom. The normalized spacial score (nSPS) is 22.4. The molecule has 2 atom stereocenters. The van der Waals surface area contributed by atoms with E-state index in [2.05, 4.69) is 11.6 Å². The summed E-state index contributed by atoms with van der Waals surface area (Å²) in [6.07, 6.45) is 3.32. The minimum absolute atomic E-state index is 0.00552. The first-order valence-electron chi connectivity index (χ1n) is 6.84. The van der Waals surface area contributed by atoms with Gasteiger partial charge in [0.1, 0.15) is 0 Å². The monoisotopic (exact) mass is 423 g/mol. The van der Waals surface area contributed by atoms with Gasteiger partial charge in [0, 0.05) is 10.1 Å². The summed E-state index contributed by atoms with van der Waals surface area (Å²) >= 11 is 1.88. The van der Waals surface area contributed by atoms with E-state index >= 15 is 0 Å². The lowest BCUT2D eigenvalue weighted by Crippen LogP contribution is -2.30. The van der Waals surface area contributed by atoms with Crippen molar-refractivity contribution < 1.29 is 18.3 Å². The van der Waals surface area contributed by atoms with Crippen molar-refractivity contribution in [3.05, 3.63) is 27.3 Å². The standard InChI is InChI=1S/C14H18INO4S/c1-9-3-2-4-10(9)8-16-21(19,20)11-5-6-13(15)12(7-11)14(17)18/h5-7,9-10,16H,2-4,8H2,1H3,(H,17,18). The highest BCUT2D eigenvalue weighted by atomic mass is 127. The zero-order chi connectivity index (χ0) is 15.6. The first-order valence-corrected chi connectivity index (χ1v) is 9.40. The van der Waals surface area contributed by atoms with Gasteiger partial charge in [-0.1, -0.05) is 19.8 Å². The Labute approximate surface area is 138 Å². The summed E-state index contributed by atoms with van der Waals surface area (Å²) in [6.45, 7) is 2.55. The minimum atomic E-state index is -3.66. The molecule has 0 spiro atoms. The molecule has 0 aromatic heterocycles. The lowest BCUT2D eigenvalue weighted by atomic mass is 9.99. The summed E-state index contributed by atoms with van der Waals surface area (Å²) in [5, 5.41) is 9.07. The minimum Gasteiger partial charge on any atom is -0.478 e. The van der Waals surface area contributed by atoms with E-state index in [1.807, 2.05) is 22.6 Å². The van der Waals surface area contributed by atoms with Gasteiger partial charge in [0.05, 0.1) is 10.5 Å². The van der Waals surface area contributed by atoms with Crippen LogP contribution in [-0.2, 0) is 10.0 Å². The average molecular weight is 423 g/mol. The Bertz CT molecular complexity index is 644. The van der Waals surface area contributed by atoms with E-state index in [0.717, 1.165) is 19.3 Å². The lowest BCUT2D eigenvalue weighted by molar-refractivity contribution is 0.0695. The maximum atomic E-state index is 12.3. The van der Waals surface area contributed by atoms with Crippen LogP contribution in [0.1, 0.15) is 36.5 Å². The number of hydrogen-bond acceptors (Lipinski definition) is 3. The van der Waals surface area contributed by atoms with Crippen LogP contribution in [0, 0.1) is 15.4 Å². The maximum absolute atomic E-state index is 12.3. The summed E-state index contributed by atoms with van der Waals surface area (Å²) < 4.78 is 27.7. The molecule has 1 aromatic rings. The largest absolute Gasteiger partial charge is 0.478 e. The molecule has 0 radical (unpaired) electrons. The highest BCUT2D eigenvalue weighted by molar-refractivity contribution is 14.1. The van der Waals surface area contributed by atoms with E-state index in [1.54, 1.807) is 0 Å². The van der Waals surface area contributed by atoms with Crippen LogP contribution < -0.4 is 4.72 Å². The molecule has 0 bridgehead atoms. The number of carboxylic acids is 1. The molecule has 1 fully saturated rings. The van der Waals surface area contributed by atoms with Gasteiger partial charge in [-0.3, -0.25) is 0 Å². The smallest absolute Gasteiger partial charge is 0.336 e. The molecule has 1 aromatic carbocycles. The molecular formula is C14H18INO4S. The fourth-order valence-electron chi connectivity index (χ4n) is 2.66. The van der Waals surface area contributed by atoms with Gasteiger partial charge in [-0.05, 0) is 59.0 Å². The first-order chi connectivity index (χ1) is 9.81. The molecular weight excluding hydrogens is 405 g/mol. The molecule has 1 saturated carbocycles. The van der Waals surface area contributed by atoms with Gasteiger partial charge in [-0.25, -0.2) is 17.9 Å². The van der Waals surface area contributed by atoms with E-state index in [9.17, 15) is 13.2 Å². The van der Waals surface area contributed by atoms with Gasteiger partial charge in [0.25, 0.3) is 0 Å². The third kappa shape index (κ3) is 3.95. The first kappa shape index (κ1) is 16.7. The van der Waals surface area contributed by atoms with Gasteiger partial charge in [-0.15, -0.1) is 0 Å². The molecule has 0 saturated heterocycles. The van der Waals surface area contributed by atoms with E-state index in [1.165, 1.54) is 18.2 Å². The van der Waals surface area contributed by atoms with Gasteiger partial charge in [0.15, 0.2) is 0 Å². The van der Waals surface area contributed by atoms with Crippen LogP contribution in [0.15, 0.2) is 23.1 Å². The second-order valence-corrected chi connectivity index (χ2v) is 8.40. The molecule has 1 aliphatic rings. The highest BCUT2D eigenvalue weighted by Crippen LogP contribution is 2.30. The predicted octanol–water partition coefficient (Wildman–Crippen LogP) is 2.70. The molecule has 1 aliphatic carbocycles. The van der Waals surface area contributed by atoms with Crippen molar-refractivity contribution in [1.82, 2.24) is 4.72 Å². The van der Waals surface area contributed by atoms with Gasteiger partial charge < -0.3 is 5.11 Å². The van der Waals surface area contributed by atoms with Crippen molar-refractivity contribution in [2.45, 2.75) is 31.1 Å². The number of hydrogen-bond donors (Lipinski definition) is 2. The average Bonchev–Trinajstić information content (AvgIpc) is 2.82. The Balaban J connectivity index is 2.15. The van der Waals surface area contributed by atoms with Crippen LogP contribution >= 0.6 is 22.6 Å². The molecule has 7 heteroatoms. The molecule has 2 unspecified atom stereocenters. The fourth-order valence-corrected chi connectivity index (χ4v) is 4.35. The Hall–Kier alpha value is -0.670.